The number of rotatable bonds is 2. The van der Waals surface area contributed by atoms with E-state index in [0.29, 0.717) is 0 Å². The van der Waals surface area contributed by atoms with Crippen LogP contribution in [0.2, 0.25) is 0 Å². The molecule has 0 radical (unpaired) electrons. The van der Waals surface area contributed by atoms with Crippen LogP contribution in [-0.2, 0) is 14.4 Å². The van der Waals surface area contributed by atoms with Crippen LogP contribution in [0.25, 0.3) is 0 Å². The van der Waals surface area contributed by atoms with E-state index < -0.39 is 5.97 Å². The van der Waals surface area contributed by atoms with Gasteiger partial charge in [0.25, 0.3) is 5.91 Å². The van der Waals surface area contributed by atoms with Gasteiger partial charge in [-0.15, -0.1) is 5.06 Å². The van der Waals surface area contributed by atoms with Crippen molar-refractivity contribution in [2.24, 2.45) is 0 Å². The second-order valence-corrected chi connectivity index (χ2v) is 1.92. The summed E-state index contributed by atoms with van der Waals surface area (Å²) in [5.74, 6) is -0.884. The van der Waals surface area contributed by atoms with Crippen LogP contribution in [0.3, 0.4) is 0 Å². The highest BCUT2D eigenvalue weighted by atomic mass is 16.7. The SMILES string of the molecule is C=CC(=O)ON1C=CCC1=O. The summed E-state index contributed by atoms with van der Waals surface area (Å²) in [5, 5.41) is 0.893. The number of amides is 1. The summed E-state index contributed by atoms with van der Waals surface area (Å²) in [7, 11) is 0. The number of carbonyl (C=O) groups is 2. The van der Waals surface area contributed by atoms with Gasteiger partial charge < -0.3 is 4.84 Å². The van der Waals surface area contributed by atoms with Crippen molar-refractivity contribution in [3.05, 3.63) is 24.9 Å². The molecular weight excluding hydrogens is 146 g/mol. The van der Waals surface area contributed by atoms with Crippen molar-refractivity contribution in [2.45, 2.75) is 6.42 Å². The molecule has 0 saturated carbocycles. The first-order chi connectivity index (χ1) is 5.24. The molecule has 0 aromatic heterocycles. The highest BCUT2D eigenvalue weighted by Gasteiger charge is 2.17. The Kier molecular flexibility index (Phi) is 2.06. The van der Waals surface area contributed by atoms with Gasteiger partial charge in [-0.1, -0.05) is 12.7 Å². The Morgan fingerprint density at radius 2 is 2.55 bits per heavy atom. The van der Waals surface area contributed by atoms with Crippen LogP contribution in [0, 0.1) is 0 Å². The normalized spacial score (nSPS) is 15.3. The van der Waals surface area contributed by atoms with Crippen molar-refractivity contribution < 1.29 is 14.4 Å². The summed E-state index contributed by atoms with van der Waals surface area (Å²) < 4.78 is 0. The highest BCUT2D eigenvalue weighted by molar-refractivity contribution is 5.85. The van der Waals surface area contributed by atoms with E-state index in [4.69, 9.17) is 0 Å². The fraction of sp³-hybridized carbons (Fsp3) is 0.143. The molecular formula is C7H7NO3. The lowest BCUT2D eigenvalue weighted by Crippen LogP contribution is -2.23. The smallest absolute Gasteiger partial charge is 0.329 e. The minimum Gasteiger partial charge on any atom is -0.329 e. The predicted octanol–water partition coefficient (Wildman–Crippen LogP) is 0.377. The number of hydrogen-bond acceptors (Lipinski definition) is 3. The molecule has 1 aliphatic rings. The molecule has 4 heteroatoms. The third-order valence-corrected chi connectivity index (χ3v) is 1.13. The van der Waals surface area contributed by atoms with Crippen LogP contribution in [-0.4, -0.2) is 16.9 Å². The van der Waals surface area contributed by atoms with Crippen molar-refractivity contribution >= 4 is 11.9 Å². The van der Waals surface area contributed by atoms with Crippen molar-refractivity contribution in [3.63, 3.8) is 0 Å². The maximum atomic E-state index is 10.8. The maximum Gasteiger partial charge on any atom is 0.356 e. The molecule has 11 heavy (non-hydrogen) atoms. The quantitative estimate of drug-likeness (QED) is 0.538. The lowest BCUT2D eigenvalue weighted by Gasteiger charge is -2.09. The molecule has 0 unspecified atom stereocenters. The van der Waals surface area contributed by atoms with E-state index in [9.17, 15) is 9.59 Å². The van der Waals surface area contributed by atoms with Gasteiger partial charge in [-0.3, -0.25) is 4.79 Å². The Bertz CT molecular complexity index is 232. The molecule has 0 atom stereocenters. The molecule has 58 valence electrons. The molecule has 0 aromatic carbocycles. The molecule has 4 nitrogen and oxygen atoms in total. The summed E-state index contributed by atoms with van der Waals surface area (Å²) in [5.41, 5.74) is 0. The standard InChI is InChI=1S/C7H7NO3/c1-2-7(10)11-8-5-3-4-6(8)9/h2-3,5H,1,4H2. The zero-order valence-electron chi connectivity index (χ0n) is 5.82. The summed E-state index contributed by atoms with van der Waals surface area (Å²) in [6, 6.07) is 0. The van der Waals surface area contributed by atoms with Crippen LogP contribution < -0.4 is 0 Å². The average molecular weight is 153 g/mol. The molecule has 0 aliphatic carbocycles. The lowest BCUT2D eigenvalue weighted by molar-refractivity contribution is -0.180. The van der Waals surface area contributed by atoms with Crippen molar-refractivity contribution in [1.29, 1.82) is 0 Å². The lowest BCUT2D eigenvalue weighted by atomic mass is 10.5. The van der Waals surface area contributed by atoms with Crippen LogP contribution in [0.1, 0.15) is 6.42 Å². The Labute approximate surface area is 63.7 Å². The molecule has 1 rings (SSSR count). The molecule has 0 saturated heterocycles. The first kappa shape index (κ1) is 7.53. The number of nitrogens with zero attached hydrogens (tertiary/aromatic N) is 1. The number of carbonyl (C=O) groups excluding carboxylic acids is 2. The van der Waals surface area contributed by atoms with E-state index in [1.807, 2.05) is 0 Å². The van der Waals surface area contributed by atoms with Gasteiger partial charge >= 0.3 is 5.97 Å². The van der Waals surface area contributed by atoms with Crippen LogP contribution in [0.15, 0.2) is 24.9 Å². The van der Waals surface area contributed by atoms with Crippen LogP contribution in [0.5, 0.6) is 0 Å². The van der Waals surface area contributed by atoms with Gasteiger partial charge in [-0.25, -0.2) is 4.79 Å². The van der Waals surface area contributed by atoms with Crippen molar-refractivity contribution in [2.75, 3.05) is 0 Å². The Morgan fingerprint density at radius 3 is 3.00 bits per heavy atom. The second-order valence-electron chi connectivity index (χ2n) is 1.92. The topological polar surface area (TPSA) is 46.6 Å². The largest absolute Gasteiger partial charge is 0.356 e. The Morgan fingerprint density at radius 1 is 1.82 bits per heavy atom. The number of hydrogen-bond donors (Lipinski definition) is 0. The Hall–Kier alpha value is -1.58. The molecule has 1 amide bonds. The third-order valence-electron chi connectivity index (χ3n) is 1.13. The van der Waals surface area contributed by atoms with Gasteiger partial charge in [-0.05, 0) is 0 Å². The van der Waals surface area contributed by atoms with Crippen molar-refractivity contribution in [3.8, 4) is 0 Å². The minimum atomic E-state index is -0.634. The zero-order chi connectivity index (χ0) is 8.27. The van der Waals surface area contributed by atoms with Crippen LogP contribution >= 0.6 is 0 Å². The van der Waals surface area contributed by atoms with Gasteiger partial charge in [0, 0.05) is 12.3 Å². The highest BCUT2D eigenvalue weighted by Crippen LogP contribution is 2.06. The molecule has 0 fully saturated rings. The molecule has 1 heterocycles. The first-order valence-corrected chi connectivity index (χ1v) is 3.07. The van der Waals surface area contributed by atoms with Crippen LogP contribution in [0.4, 0.5) is 0 Å². The first-order valence-electron chi connectivity index (χ1n) is 3.07. The van der Waals surface area contributed by atoms with Gasteiger partial charge in [0.15, 0.2) is 0 Å². The molecule has 0 bridgehead atoms. The zero-order valence-corrected chi connectivity index (χ0v) is 5.82. The van der Waals surface area contributed by atoms with Gasteiger partial charge in [-0.2, -0.15) is 0 Å². The average Bonchev–Trinajstić information content (AvgIpc) is 2.37. The summed E-state index contributed by atoms with van der Waals surface area (Å²) in [6.07, 6.45) is 4.30. The van der Waals surface area contributed by atoms with E-state index in [2.05, 4.69) is 11.4 Å². The summed E-state index contributed by atoms with van der Waals surface area (Å²) in [4.78, 5) is 25.8. The van der Waals surface area contributed by atoms with Crippen molar-refractivity contribution in [1.82, 2.24) is 5.06 Å². The fourth-order valence-electron chi connectivity index (χ4n) is 0.638. The van der Waals surface area contributed by atoms with E-state index >= 15 is 0 Å². The van der Waals surface area contributed by atoms with Gasteiger partial charge in [0.1, 0.15) is 0 Å². The second kappa shape index (κ2) is 3.01. The minimum absolute atomic E-state index is 0.250. The molecule has 1 aliphatic heterocycles. The Balaban J connectivity index is 2.49. The van der Waals surface area contributed by atoms with Gasteiger partial charge in [0.2, 0.25) is 0 Å². The monoisotopic (exact) mass is 153 g/mol. The molecule has 0 aromatic rings. The predicted molar refractivity (Wildman–Crippen MR) is 36.9 cm³/mol. The molecule has 0 spiro atoms. The maximum absolute atomic E-state index is 10.8. The van der Waals surface area contributed by atoms with E-state index in [1.165, 1.54) is 6.20 Å². The fourth-order valence-corrected chi connectivity index (χ4v) is 0.638. The summed E-state index contributed by atoms with van der Waals surface area (Å²) in [6.45, 7) is 3.19. The van der Waals surface area contributed by atoms with E-state index in [1.54, 1.807) is 6.08 Å². The number of hydroxylamine groups is 2. The van der Waals surface area contributed by atoms with Gasteiger partial charge in [0.05, 0.1) is 6.42 Å². The summed E-state index contributed by atoms with van der Waals surface area (Å²) >= 11 is 0. The third kappa shape index (κ3) is 1.67. The van der Waals surface area contributed by atoms with E-state index in [-0.39, 0.29) is 12.3 Å². The molecule has 0 N–H and O–H groups in total. The van der Waals surface area contributed by atoms with E-state index in [0.717, 1.165) is 11.1 Å².